The van der Waals surface area contributed by atoms with E-state index in [1.165, 1.54) is 0 Å². The Labute approximate surface area is 192 Å². The maximum absolute atomic E-state index is 12.6. The van der Waals surface area contributed by atoms with Gasteiger partial charge in [0, 0.05) is 23.3 Å². The molecule has 8 heteroatoms. The normalized spacial score (nSPS) is 15.2. The molecule has 0 saturated carbocycles. The lowest BCUT2D eigenvalue weighted by atomic mass is 10.1. The van der Waals surface area contributed by atoms with Crippen molar-refractivity contribution in [3.8, 4) is 5.75 Å². The van der Waals surface area contributed by atoms with Crippen molar-refractivity contribution in [1.82, 2.24) is 4.98 Å². The largest absolute Gasteiger partial charge is 0.478 e. The molecule has 0 bridgehead atoms. The summed E-state index contributed by atoms with van der Waals surface area (Å²) in [5.41, 5.74) is 2.56. The number of esters is 1. The Kier molecular flexibility index (Phi) is 6.10. The number of ether oxygens (including phenoxy) is 2. The molecule has 0 spiro atoms. The highest BCUT2D eigenvalue weighted by molar-refractivity contribution is 14.1. The Balaban J connectivity index is 1.39. The molecule has 2 aromatic carbocycles. The van der Waals surface area contributed by atoms with Gasteiger partial charge < -0.3 is 14.4 Å². The molecule has 1 unspecified atom stereocenters. The van der Waals surface area contributed by atoms with Crippen molar-refractivity contribution in [3.05, 3.63) is 62.8 Å². The van der Waals surface area contributed by atoms with Crippen molar-refractivity contribution in [2.45, 2.75) is 19.4 Å². The van der Waals surface area contributed by atoms with Crippen LogP contribution in [0.4, 0.5) is 5.69 Å². The fourth-order valence-corrected chi connectivity index (χ4v) is 4.78. The number of amides is 1. The number of aromatic nitrogens is 1. The van der Waals surface area contributed by atoms with E-state index >= 15 is 0 Å². The minimum atomic E-state index is -0.627. The standard InChI is InChI=1S/C22H18ClIN2O4/c1-13-9-14-5-2-3-7-18(14)26(13)19(27)11-29-20(28)12-30-22-17(24)10-16(23)15-6-4-8-25-21(15)22/h2-8,10,13H,9,11-12H2,1H3. The molecule has 3 aromatic rings. The number of rotatable bonds is 5. The van der Waals surface area contributed by atoms with Gasteiger partial charge in [0.15, 0.2) is 19.0 Å². The summed E-state index contributed by atoms with van der Waals surface area (Å²) in [7, 11) is 0. The van der Waals surface area contributed by atoms with E-state index in [0.717, 1.165) is 26.6 Å². The number of hydrogen-bond acceptors (Lipinski definition) is 5. The number of benzene rings is 2. The second-order valence-electron chi connectivity index (χ2n) is 6.96. The smallest absolute Gasteiger partial charge is 0.344 e. The summed E-state index contributed by atoms with van der Waals surface area (Å²) in [6, 6.07) is 13.1. The fourth-order valence-electron chi connectivity index (χ4n) is 3.61. The predicted octanol–water partition coefficient (Wildman–Crippen LogP) is 4.39. The van der Waals surface area contributed by atoms with E-state index < -0.39 is 5.97 Å². The van der Waals surface area contributed by atoms with Gasteiger partial charge in [-0.25, -0.2) is 4.79 Å². The summed E-state index contributed by atoms with van der Waals surface area (Å²) in [5.74, 6) is -0.423. The first-order chi connectivity index (χ1) is 14.5. The van der Waals surface area contributed by atoms with Gasteiger partial charge in [-0.3, -0.25) is 9.78 Å². The van der Waals surface area contributed by atoms with Crippen LogP contribution in [0.1, 0.15) is 12.5 Å². The van der Waals surface area contributed by atoms with Crippen LogP contribution in [-0.2, 0) is 20.7 Å². The van der Waals surface area contributed by atoms with Crippen LogP contribution in [0, 0.1) is 3.57 Å². The summed E-state index contributed by atoms with van der Waals surface area (Å²) >= 11 is 8.34. The molecule has 0 N–H and O–H groups in total. The molecule has 154 valence electrons. The number of halogens is 2. The maximum atomic E-state index is 12.6. The molecular weight excluding hydrogens is 519 g/mol. The Morgan fingerprint density at radius 1 is 1.23 bits per heavy atom. The third-order valence-electron chi connectivity index (χ3n) is 4.92. The van der Waals surface area contributed by atoms with Crippen molar-refractivity contribution in [2.24, 2.45) is 0 Å². The van der Waals surface area contributed by atoms with E-state index in [1.54, 1.807) is 23.2 Å². The van der Waals surface area contributed by atoms with Crippen molar-refractivity contribution >= 4 is 62.7 Å². The van der Waals surface area contributed by atoms with Gasteiger partial charge in [-0.15, -0.1) is 0 Å². The number of carbonyl (C=O) groups excluding carboxylic acids is 2. The molecule has 1 aliphatic rings. The quantitative estimate of drug-likeness (QED) is 0.357. The first-order valence-corrected chi connectivity index (χ1v) is 10.8. The van der Waals surface area contributed by atoms with Crippen molar-refractivity contribution < 1.29 is 19.1 Å². The van der Waals surface area contributed by atoms with Crippen LogP contribution in [0.15, 0.2) is 48.7 Å². The summed E-state index contributed by atoms with van der Waals surface area (Å²) in [4.78, 5) is 30.8. The van der Waals surface area contributed by atoms with Crippen LogP contribution in [0.25, 0.3) is 10.9 Å². The van der Waals surface area contributed by atoms with Gasteiger partial charge in [-0.1, -0.05) is 29.8 Å². The number of carbonyl (C=O) groups is 2. The van der Waals surface area contributed by atoms with Crippen LogP contribution in [0.2, 0.25) is 5.02 Å². The van der Waals surface area contributed by atoms with Crippen molar-refractivity contribution in [2.75, 3.05) is 18.1 Å². The number of pyridine rings is 1. The first kappa shape index (κ1) is 20.9. The Hall–Kier alpha value is -2.39. The lowest BCUT2D eigenvalue weighted by Crippen LogP contribution is -2.39. The third-order valence-corrected chi connectivity index (χ3v) is 6.03. The van der Waals surface area contributed by atoms with E-state index in [4.69, 9.17) is 21.1 Å². The molecule has 0 fully saturated rings. The topological polar surface area (TPSA) is 68.7 Å². The molecule has 0 radical (unpaired) electrons. The van der Waals surface area contributed by atoms with Crippen LogP contribution in [0.5, 0.6) is 5.75 Å². The fraction of sp³-hybridized carbons (Fsp3) is 0.227. The molecule has 1 aliphatic heterocycles. The zero-order valence-corrected chi connectivity index (χ0v) is 19.0. The highest BCUT2D eigenvalue weighted by Crippen LogP contribution is 2.35. The lowest BCUT2D eigenvalue weighted by Gasteiger charge is -2.22. The Bertz CT molecular complexity index is 1140. The van der Waals surface area contributed by atoms with Crippen molar-refractivity contribution in [1.29, 1.82) is 0 Å². The number of anilines is 1. The van der Waals surface area contributed by atoms with Gasteiger partial charge in [0.2, 0.25) is 0 Å². The zero-order valence-electron chi connectivity index (χ0n) is 16.1. The first-order valence-electron chi connectivity index (χ1n) is 9.37. The summed E-state index contributed by atoms with van der Waals surface area (Å²) in [6.45, 7) is 1.31. The van der Waals surface area contributed by atoms with Gasteiger partial charge in [0.1, 0.15) is 5.52 Å². The SMILES string of the molecule is CC1Cc2ccccc2N1C(=O)COC(=O)COc1c(I)cc(Cl)c2cccnc12. The van der Waals surface area contributed by atoms with E-state index in [0.29, 0.717) is 16.3 Å². The molecule has 2 heterocycles. The Morgan fingerprint density at radius 2 is 2.03 bits per heavy atom. The van der Waals surface area contributed by atoms with Crippen molar-refractivity contribution in [3.63, 3.8) is 0 Å². The summed E-state index contributed by atoms with van der Waals surface area (Å²) in [6.07, 6.45) is 2.42. The number of para-hydroxylation sites is 1. The van der Waals surface area contributed by atoms with Crippen LogP contribution in [0.3, 0.4) is 0 Å². The summed E-state index contributed by atoms with van der Waals surface area (Å²) < 4.78 is 11.6. The van der Waals surface area contributed by atoms with E-state index in [2.05, 4.69) is 27.6 Å². The molecule has 0 aliphatic carbocycles. The van der Waals surface area contributed by atoms with E-state index in [1.807, 2.05) is 37.3 Å². The van der Waals surface area contributed by atoms with Gasteiger partial charge in [0.05, 0.1) is 8.59 Å². The second kappa shape index (κ2) is 8.77. The second-order valence-corrected chi connectivity index (χ2v) is 8.53. The van der Waals surface area contributed by atoms with Gasteiger partial charge in [-0.2, -0.15) is 0 Å². The minimum Gasteiger partial charge on any atom is -0.478 e. The molecular formula is C22H18ClIN2O4. The highest BCUT2D eigenvalue weighted by atomic mass is 127. The molecule has 4 rings (SSSR count). The van der Waals surface area contributed by atoms with Gasteiger partial charge >= 0.3 is 5.97 Å². The molecule has 1 aromatic heterocycles. The predicted molar refractivity (Wildman–Crippen MR) is 123 cm³/mol. The molecule has 0 saturated heterocycles. The van der Waals surface area contributed by atoms with E-state index in [-0.39, 0.29) is 25.2 Å². The van der Waals surface area contributed by atoms with Crippen LogP contribution in [-0.4, -0.2) is 36.1 Å². The average Bonchev–Trinajstić information content (AvgIpc) is 3.07. The number of nitrogens with zero attached hydrogens (tertiary/aromatic N) is 2. The maximum Gasteiger partial charge on any atom is 0.344 e. The van der Waals surface area contributed by atoms with Crippen LogP contribution >= 0.6 is 34.2 Å². The van der Waals surface area contributed by atoms with E-state index in [9.17, 15) is 9.59 Å². The van der Waals surface area contributed by atoms with Crippen LogP contribution < -0.4 is 9.64 Å². The molecule has 6 nitrogen and oxygen atoms in total. The molecule has 1 amide bonds. The number of fused-ring (bicyclic) bond motifs is 2. The molecule has 30 heavy (non-hydrogen) atoms. The molecule has 1 atom stereocenters. The number of hydrogen-bond donors (Lipinski definition) is 0. The van der Waals surface area contributed by atoms with Gasteiger partial charge in [0.25, 0.3) is 5.91 Å². The minimum absolute atomic E-state index is 0.0259. The average molecular weight is 537 g/mol. The zero-order chi connectivity index (χ0) is 21.3. The summed E-state index contributed by atoms with van der Waals surface area (Å²) in [5, 5.41) is 1.29. The third kappa shape index (κ3) is 4.09. The van der Waals surface area contributed by atoms with Gasteiger partial charge in [-0.05, 0) is 65.8 Å². The lowest BCUT2D eigenvalue weighted by molar-refractivity contribution is -0.149. The highest BCUT2D eigenvalue weighted by Gasteiger charge is 2.31. The monoisotopic (exact) mass is 536 g/mol. The Morgan fingerprint density at radius 3 is 2.87 bits per heavy atom.